The first-order valence-electron chi connectivity index (χ1n) is 4.88. The monoisotopic (exact) mass is 203 g/mol. The maximum Gasteiger partial charge on any atom is 0.407 e. The molecule has 0 saturated carbocycles. The lowest BCUT2D eigenvalue weighted by Crippen LogP contribution is -2.32. The molecule has 1 N–H and O–H groups in total. The van der Waals surface area contributed by atoms with Crippen LogP contribution in [0.5, 0.6) is 0 Å². The van der Waals surface area contributed by atoms with E-state index in [1.54, 1.807) is 0 Å². The summed E-state index contributed by atoms with van der Waals surface area (Å²) in [4.78, 5) is 11.0. The predicted octanol–water partition coefficient (Wildman–Crippen LogP) is 1.94. The highest BCUT2D eigenvalue weighted by atomic mass is 16.6. The summed E-state index contributed by atoms with van der Waals surface area (Å²) in [5.41, 5.74) is -0.183. The van der Waals surface area contributed by atoms with Crippen LogP contribution in [0.4, 0.5) is 4.79 Å². The molecule has 0 unspecified atom stereocenters. The Bertz CT molecular complexity index is 173. The smallest absolute Gasteiger partial charge is 0.407 e. The lowest BCUT2D eigenvalue weighted by atomic mass is 10.2. The van der Waals surface area contributed by atoms with E-state index in [2.05, 4.69) is 5.32 Å². The Hall–Kier alpha value is -0.770. The molecule has 84 valence electrons. The first-order chi connectivity index (χ1) is 6.31. The van der Waals surface area contributed by atoms with Gasteiger partial charge in [0, 0.05) is 6.04 Å². The van der Waals surface area contributed by atoms with E-state index in [1.807, 2.05) is 34.6 Å². The first-order valence-corrected chi connectivity index (χ1v) is 4.88. The molecule has 0 aromatic heterocycles. The molecule has 1 amide bonds. The van der Waals surface area contributed by atoms with Crippen LogP contribution >= 0.6 is 0 Å². The van der Waals surface area contributed by atoms with Gasteiger partial charge in [0.05, 0.1) is 12.2 Å². The summed E-state index contributed by atoms with van der Waals surface area (Å²) in [6, 6.07) is 0.103. The summed E-state index contributed by atoms with van der Waals surface area (Å²) >= 11 is 0. The second-order valence-electron chi connectivity index (χ2n) is 4.40. The number of carbonyl (C=O) groups excluding carboxylic acids is 1. The van der Waals surface area contributed by atoms with Crippen molar-refractivity contribution in [2.24, 2.45) is 0 Å². The van der Waals surface area contributed by atoms with Gasteiger partial charge in [0.2, 0.25) is 0 Å². The molecule has 0 fully saturated rings. The van der Waals surface area contributed by atoms with Gasteiger partial charge in [-0.15, -0.1) is 0 Å². The molecule has 0 rings (SSSR count). The molecule has 4 nitrogen and oxygen atoms in total. The molecular formula is C10H21NO3. The highest BCUT2D eigenvalue weighted by Crippen LogP contribution is 2.05. The summed E-state index contributed by atoms with van der Waals surface area (Å²) in [7, 11) is 0. The van der Waals surface area contributed by atoms with Crippen molar-refractivity contribution >= 4 is 6.09 Å². The molecule has 0 saturated heterocycles. The molecule has 0 aromatic carbocycles. The lowest BCUT2D eigenvalue weighted by molar-refractivity contribution is -0.0232. The number of carbonyl (C=O) groups is 1. The van der Waals surface area contributed by atoms with E-state index in [0.717, 1.165) is 0 Å². The van der Waals surface area contributed by atoms with Crippen LogP contribution in [0.2, 0.25) is 0 Å². The highest BCUT2D eigenvalue weighted by molar-refractivity contribution is 5.67. The maximum absolute atomic E-state index is 11.0. The number of hydrogen-bond donors (Lipinski definition) is 1. The van der Waals surface area contributed by atoms with Crippen molar-refractivity contribution in [2.45, 2.75) is 46.3 Å². The number of alkyl carbamates (subject to hydrolysis) is 1. The fraction of sp³-hybridized carbons (Fsp3) is 0.900. The van der Waals surface area contributed by atoms with Crippen LogP contribution < -0.4 is 5.32 Å². The zero-order valence-electron chi connectivity index (χ0n) is 9.72. The van der Waals surface area contributed by atoms with E-state index in [-0.39, 0.29) is 18.2 Å². The van der Waals surface area contributed by atoms with Crippen LogP contribution in [0.3, 0.4) is 0 Å². The second-order valence-corrected chi connectivity index (χ2v) is 4.40. The van der Waals surface area contributed by atoms with Gasteiger partial charge in [0.15, 0.2) is 0 Å². The van der Waals surface area contributed by atoms with Crippen LogP contribution in [0, 0.1) is 0 Å². The zero-order chi connectivity index (χ0) is 11.2. The third-order valence-electron chi connectivity index (χ3n) is 1.26. The molecule has 0 aromatic rings. The minimum absolute atomic E-state index is 0.103. The van der Waals surface area contributed by atoms with Gasteiger partial charge >= 0.3 is 6.09 Å². The van der Waals surface area contributed by atoms with Crippen LogP contribution in [0.25, 0.3) is 0 Å². The molecular weight excluding hydrogens is 182 g/mol. The minimum atomic E-state index is -0.391. The second kappa shape index (κ2) is 5.86. The number of nitrogens with one attached hydrogen (secondary N) is 1. The summed E-state index contributed by atoms with van der Waals surface area (Å²) in [6.07, 6.45) is -0.391. The molecule has 0 aliphatic rings. The standard InChI is InChI=1S/C10H21NO3/c1-8(2)11-9(12)13-6-7-14-10(3,4)5/h8H,6-7H2,1-5H3,(H,11,12). The molecule has 14 heavy (non-hydrogen) atoms. The molecule has 0 atom stereocenters. The van der Waals surface area contributed by atoms with E-state index in [9.17, 15) is 4.79 Å². The van der Waals surface area contributed by atoms with Crippen molar-refractivity contribution in [3.8, 4) is 0 Å². The Morgan fingerprint density at radius 3 is 2.29 bits per heavy atom. The quantitative estimate of drug-likeness (QED) is 0.710. The fourth-order valence-corrected chi connectivity index (χ4v) is 0.760. The molecule has 0 aliphatic heterocycles. The van der Waals surface area contributed by atoms with Gasteiger partial charge in [-0.3, -0.25) is 0 Å². The molecule has 0 aliphatic carbocycles. The summed E-state index contributed by atoms with van der Waals surface area (Å²) in [6.45, 7) is 10.4. The van der Waals surface area contributed by atoms with Gasteiger partial charge in [-0.05, 0) is 34.6 Å². The van der Waals surface area contributed by atoms with E-state index < -0.39 is 6.09 Å². The SMILES string of the molecule is CC(C)NC(=O)OCCOC(C)(C)C. The Labute approximate surface area is 86.0 Å². The van der Waals surface area contributed by atoms with Crippen molar-refractivity contribution in [1.82, 2.24) is 5.32 Å². The van der Waals surface area contributed by atoms with Crippen LogP contribution in [0.15, 0.2) is 0 Å². The molecule has 0 heterocycles. The van der Waals surface area contributed by atoms with Crippen molar-refractivity contribution in [1.29, 1.82) is 0 Å². The zero-order valence-corrected chi connectivity index (χ0v) is 9.72. The average molecular weight is 203 g/mol. The van der Waals surface area contributed by atoms with E-state index in [1.165, 1.54) is 0 Å². The van der Waals surface area contributed by atoms with Crippen molar-refractivity contribution in [3.05, 3.63) is 0 Å². The van der Waals surface area contributed by atoms with Crippen LogP contribution in [-0.2, 0) is 9.47 Å². The van der Waals surface area contributed by atoms with Crippen LogP contribution in [-0.4, -0.2) is 30.9 Å². The summed E-state index contributed by atoms with van der Waals surface area (Å²) in [5, 5.41) is 2.62. The van der Waals surface area contributed by atoms with Gasteiger partial charge < -0.3 is 14.8 Å². The molecule has 0 radical (unpaired) electrons. The minimum Gasteiger partial charge on any atom is -0.447 e. The van der Waals surface area contributed by atoms with Gasteiger partial charge in [0.1, 0.15) is 6.61 Å². The largest absolute Gasteiger partial charge is 0.447 e. The molecule has 4 heteroatoms. The van der Waals surface area contributed by atoms with Crippen LogP contribution in [0.1, 0.15) is 34.6 Å². The Morgan fingerprint density at radius 2 is 1.86 bits per heavy atom. The predicted molar refractivity (Wildman–Crippen MR) is 55.3 cm³/mol. The number of rotatable bonds is 4. The van der Waals surface area contributed by atoms with Gasteiger partial charge in [-0.2, -0.15) is 0 Å². The van der Waals surface area contributed by atoms with Gasteiger partial charge in [-0.25, -0.2) is 4.79 Å². The van der Waals surface area contributed by atoms with E-state index >= 15 is 0 Å². The third-order valence-corrected chi connectivity index (χ3v) is 1.26. The molecule has 0 spiro atoms. The molecule has 0 bridgehead atoms. The van der Waals surface area contributed by atoms with E-state index in [4.69, 9.17) is 9.47 Å². The van der Waals surface area contributed by atoms with Gasteiger partial charge in [-0.1, -0.05) is 0 Å². The van der Waals surface area contributed by atoms with Crippen molar-refractivity contribution in [2.75, 3.05) is 13.2 Å². The number of amides is 1. The number of hydrogen-bond acceptors (Lipinski definition) is 3. The first kappa shape index (κ1) is 13.2. The van der Waals surface area contributed by atoms with E-state index in [0.29, 0.717) is 6.61 Å². The Morgan fingerprint density at radius 1 is 1.29 bits per heavy atom. The average Bonchev–Trinajstić information content (AvgIpc) is 1.95. The van der Waals surface area contributed by atoms with Crippen molar-refractivity contribution < 1.29 is 14.3 Å². The fourth-order valence-electron chi connectivity index (χ4n) is 0.760. The highest BCUT2D eigenvalue weighted by Gasteiger charge is 2.10. The maximum atomic E-state index is 11.0. The van der Waals surface area contributed by atoms with Gasteiger partial charge in [0.25, 0.3) is 0 Å². The Kier molecular flexibility index (Phi) is 5.53. The lowest BCUT2D eigenvalue weighted by Gasteiger charge is -2.19. The topological polar surface area (TPSA) is 47.6 Å². The Balaban J connectivity index is 3.41. The number of ether oxygens (including phenoxy) is 2. The third kappa shape index (κ3) is 9.32. The summed E-state index contributed by atoms with van der Waals surface area (Å²) in [5.74, 6) is 0. The van der Waals surface area contributed by atoms with Crippen molar-refractivity contribution in [3.63, 3.8) is 0 Å². The summed E-state index contributed by atoms with van der Waals surface area (Å²) < 4.78 is 10.3. The normalized spacial score (nSPS) is 11.6.